The second kappa shape index (κ2) is 5.40. The van der Waals surface area contributed by atoms with Crippen LogP contribution in [0.2, 0.25) is 0 Å². The number of nitrogens with one attached hydrogen (secondary N) is 2. The van der Waals surface area contributed by atoms with Crippen molar-refractivity contribution in [2.45, 2.75) is 12.3 Å². The van der Waals surface area contributed by atoms with E-state index in [2.05, 4.69) is 15.3 Å². The molecule has 1 aromatic rings. The van der Waals surface area contributed by atoms with Gasteiger partial charge in [-0.3, -0.25) is 19.4 Å². The number of carbonyl (C=O) groups excluding carboxylic acids is 1. The van der Waals surface area contributed by atoms with Gasteiger partial charge >= 0.3 is 5.97 Å². The third kappa shape index (κ3) is 2.60. The van der Waals surface area contributed by atoms with Gasteiger partial charge in [-0.2, -0.15) is 16.7 Å². The van der Waals surface area contributed by atoms with Crippen LogP contribution in [0, 0.1) is 0 Å². The van der Waals surface area contributed by atoms with Crippen molar-refractivity contribution in [1.82, 2.24) is 9.97 Å². The van der Waals surface area contributed by atoms with Crippen LogP contribution >= 0.6 is 11.8 Å². The maximum atomic E-state index is 12.2. The zero-order valence-electron chi connectivity index (χ0n) is 11.1. The summed E-state index contributed by atoms with van der Waals surface area (Å²) in [6.45, 7) is 1.51. The lowest BCUT2D eigenvalue weighted by atomic mass is 9.94. The molecule has 3 heterocycles. The van der Waals surface area contributed by atoms with Crippen LogP contribution in [0.25, 0.3) is 0 Å². The Morgan fingerprint density at radius 1 is 1.33 bits per heavy atom. The second-order valence-corrected chi connectivity index (χ2v) is 6.12. The average Bonchev–Trinajstić information content (AvgIpc) is 2.46. The Kier molecular flexibility index (Phi) is 3.58. The number of aliphatic carboxylic acids is 1. The first kappa shape index (κ1) is 13.9. The third-order valence-electron chi connectivity index (χ3n) is 3.55. The molecule has 0 unspecified atom stereocenters. The zero-order valence-corrected chi connectivity index (χ0v) is 11.9. The van der Waals surface area contributed by atoms with Crippen LogP contribution < -0.4 is 15.8 Å². The number of carbonyl (C=O) groups is 2. The van der Waals surface area contributed by atoms with Crippen molar-refractivity contribution in [2.24, 2.45) is 0 Å². The second-order valence-electron chi connectivity index (χ2n) is 4.89. The molecule has 1 atom stereocenters. The summed E-state index contributed by atoms with van der Waals surface area (Å²) in [6.07, 6.45) is -0.243. The molecule has 21 heavy (non-hydrogen) atoms. The monoisotopic (exact) mass is 310 g/mol. The highest BCUT2D eigenvalue weighted by Crippen LogP contribution is 2.29. The van der Waals surface area contributed by atoms with Crippen LogP contribution in [0.15, 0.2) is 4.79 Å². The van der Waals surface area contributed by atoms with Crippen molar-refractivity contribution in [3.63, 3.8) is 0 Å². The molecule has 112 valence electrons. The molecule has 3 N–H and O–H groups in total. The van der Waals surface area contributed by atoms with E-state index in [0.717, 1.165) is 24.6 Å². The first-order valence-corrected chi connectivity index (χ1v) is 7.71. The van der Waals surface area contributed by atoms with Crippen LogP contribution in [0.3, 0.4) is 0 Å². The van der Waals surface area contributed by atoms with Crippen molar-refractivity contribution in [2.75, 3.05) is 34.8 Å². The van der Waals surface area contributed by atoms with E-state index in [9.17, 15) is 19.5 Å². The molecule has 9 heteroatoms. The van der Waals surface area contributed by atoms with Crippen molar-refractivity contribution in [3.8, 4) is 0 Å². The van der Waals surface area contributed by atoms with Crippen molar-refractivity contribution in [3.05, 3.63) is 15.9 Å². The van der Waals surface area contributed by atoms with Gasteiger partial charge in [-0.1, -0.05) is 0 Å². The summed E-state index contributed by atoms with van der Waals surface area (Å²) in [5, 5.41) is 11.7. The molecule has 1 aromatic heterocycles. The Labute approximate surface area is 123 Å². The Bertz CT molecular complexity index is 653. The summed E-state index contributed by atoms with van der Waals surface area (Å²) in [5.41, 5.74) is -0.474. The van der Waals surface area contributed by atoms with Crippen molar-refractivity contribution < 1.29 is 14.7 Å². The minimum Gasteiger partial charge on any atom is -0.481 e. The van der Waals surface area contributed by atoms with Gasteiger partial charge in [0.25, 0.3) is 5.56 Å². The number of rotatable bonds is 2. The smallest absolute Gasteiger partial charge is 0.311 e. The molecule has 2 aliphatic rings. The summed E-state index contributed by atoms with van der Waals surface area (Å²) < 4.78 is 0. The Hall–Kier alpha value is -2.03. The number of thioether (sulfide) groups is 1. The number of anilines is 2. The van der Waals surface area contributed by atoms with E-state index in [4.69, 9.17) is 0 Å². The van der Waals surface area contributed by atoms with Gasteiger partial charge in [-0.05, 0) is 0 Å². The number of hydrogen-bond acceptors (Lipinski definition) is 6. The number of nitrogens with zero attached hydrogens (tertiary/aromatic N) is 2. The predicted molar refractivity (Wildman–Crippen MR) is 78.0 cm³/mol. The lowest BCUT2D eigenvalue weighted by molar-refractivity contribution is -0.140. The van der Waals surface area contributed by atoms with Gasteiger partial charge in [0.1, 0.15) is 5.82 Å². The van der Waals surface area contributed by atoms with Crippen LogP contribution in [0.4, 0.5) is 11.8 Å². The van der Waals surface area contributed by atoms with E-state index in [1.54, 1.807) is 0 Å². The van der Waals surface area contributed by atoms with Crippen LogP contribution in [0.5, 0.6) is 0 Å². The van der Waals surface area contributed by atoms with E-state index in [1.165, 1.54) is 0 Å². The number of H-pyrrole nitrogens is 1. The standard InChI is InChI=1S/C12H14N4O4S/c17-7-5-6(11(19)20)8-9(13-7)14-12(15-10(8)18)16-1-3-21-4-2-16/h6H,1-5H2,(H,19,20)(H2,13,14,15,17,18)/t6-/m1/s1. The number of aromatic amines is 1. The normalized spacial score (nSPS) is 21.6. The fourth-order valence-electron chi connectivity index (χ4n) is 2.50. The maximum absolute atomic E-state index is 12.2. The van der Waals surface area contributed by atoms with Gasteiger partial charge in [0, 0.05) is 31.0 Å². The van der Waals surface area contributed by atoms with E-state index in [-0.39, 0.29) is 17.8 Å². The third-order valence-corrected chi connectivity index (χ3v) is 4.49. The molecule has 0 spiro atoms. The molecule has 8 nitrogen and oxygen atoms in total. The average molecular weight is 310 g/mol. The molecule has 1 saturated heterocycles. The summed E-state index contributed by atoms with van der Waals surface area (Å²) in [6, 6.07) is 0. The zero-order chi connectivity index (χ0) is 15.0. The van der Waals surface area contributed by atoms with Crippen LogP contribution in [0.1, 0.15) is 17.9 Å². The quantitative estimate of drug-likeness (QED) is 0.694. The first-order valence-electron chi connectivity index (χ1n) is 6.56. The molecule has 2 aliphatic heterocycles. The van der Waals surface area contributed by atoms with E-state index in [0.29, 0.717) is 5.95 Å². The maximum Gasteiger partial charge on any atom is 0.311 e. The summed E-state index contributed by atoms with van der Waals surface area (Å²) in [5.74, 6) is -0.457. The summed E-state index contributed by atoms with van der Waals surface area (Å²) >= 11 is 1.82. The largest absolute Gasteiger partial charge is 0.481 e. The minimum absolute atomic E-state index is 0.0252. The van der Waals surface area contributed by atoms with E-state index in [1.807, 2.05) is 16.7 Å². The van der Waals surface area contributed by atoms with E-state index >= 15 is 0 Å². The number of carboxylic acid groups (broad SMARTS) is 1. The molecule has 0 bridgehead atoms. The Morgan fingerprint density at radius 3 is 2.71 bits per heavy atom. The van der Waals surface area contributed by atoms with Gasteiger partial charge in [0.05, 0.1) is 11.5 Å². The fraction of sp³-hybridized carbons (Fsp3) is 0.500. The molecular weight excluding hydrogens is 296 g/mol. The summed E-state index contributed by atoms with van der Waals surface area (Å²) in [4.78, 5) is 43.8. The molecule has 0 radical (unpaired) electrons. The highest BCUT2D eigenvalue weighted by molar-refractivity contribution is 7.99. The van der Waals surface area contributed by atoms with Crippen molar-refractivity contribution in [1.29, 1.82) is 0 Å². The molecule has 0 saturated carbocycles. The SMILES string of the molecule is O=C1C[C@@H](C(=O)O)c2c(nc(N3CCSCC3)[nH]c2=O)N1. The van der Waals surface area contributed by atoms with Crippen LogP contribution in [-0.2, 0) is 9.59 Å². The van der Waals surface area contributed by atoms with Gasteiger partial charge in [-0.25, -0.2) is 0 Å². The highest BCUT2D eigenvalue weighted by Gasteiger charge is 2.35. The Morgan fingerprint density at radius 2 is 2.05 bits per heavy atom. The molecule has 0 aliphatic carbocycles. The van der Waals surface area contributed by atoms with E-state index < -0.39 is 23.4 Å². The first-order chi connectivity index (χ1) is 10.1. The minimum atomic E-state index is -1.19. The van der Waals surface area contributed by atoms with Gasteiger partial charge in [0.15, 0.2) is 0 Å². The molecule has 1 amide bonds. The number of fused-ring (bicyclic) bond motifs is 1. The molecule has 1 fully saturated rings. The predicted octanol–water partition coefficient (Wildman–Crippen LogP) is -0.167. The topological polar surface area (TPSA) is 115 Å². The van der Waals surface area contributed by atoms with Gasteiger partial charge in [-0.15, -0.1) is 0 Å². The lowest BCUT2D eigenvalue weighted by Gasteiger charge is -2.28. The number of aromatic nitrogens is 2. The molecular formula is C12H14N4O4S. The Balaban J connectivity index is 2.04. The summed E-state index contributed by atoms with van der Waals surface area (Å²) in [7, 11) is 0. The lowest BCUT2D eigenvalue weighted by Crippen LogP contribution is -2.38. The van der Waals surface area contributed by atoms with Crippen LogP contribution in [-0.4, -0.2) is 51.5 Å². The fourth-order valence-corrected chi connectivity index (χ4v) is 3.40. The number of carboxylic acids is 1. The van der Waals surface area contributed by atoms with Gasteiger partial charge in [0.2, 0.25) is 11.9 Å². The molecule has 0 aromatic carbocycles. The molecule has 3 rings (SSSR count). The number of hydrogen-bond donors (Lipinski definition) is 3. The van der Waals surface area contributed by atoms with Gasteiger partial charge < -0.3 is 15.3 Å². The van der Waals surface area contributed by atoms with Crippen molar-refractivity contribution >= 4 is 35.4 Å². The highest BCUT2D eigenvalue weighted by atomic mass is 32.2. The number of amides is 1.